The van der Waals surface area contributed by atoms with Crippen molar-refractivity contribution in [3.05, 3.63) is 49.1 Å². The summed E-state index contributed by atoms with van der Waals surface area (Å²) in [6.45, 7) is 2.10. The van der Waals surface area contributed by atoms with E-state index >= 15 is 0 Å². The molecule has 2 aromatic rings. The Labute approximate surface area is 116 Å². The highest BCUT2D eigenvalue weighted by atomic mass is 79.9. The maximum atomic E-state index is 11.0. The van der Waals surface area contributed by atoms with Gasteiger partial charge in [-0.05, 0) is 30.2 Å². The number of hydrogen-bond donors (Lipinski definition) is 1. The molecule has 0 aliphatic carbocycles. The van der Waals surface area contributed by atoms with Gasteiger partial charge in [0.25, 0.3) is 5.56 Å². The highest BCUT2D eigenvalue weighted by Crippen LogP contribution is 2.31. The summed E-state index contributed by atoms with van der Waals surface area (Å²) in [5, 5.41) is 6.44. The summed E-state index contributed by atoms with van der Waals surface area (Å²) in [4.78, 5) is 11.0. The molecular formula is C12H10Br2N2O. The highest BCUT2D eigenvalue weighted by Gasteiger charge is 2.08. The standard InChI is InChI=1S/C12H10Br2N2O/c1-2-8-9(13)5-7(6-10(8)14)11-3-4-12(17)16-15-11/h3-6H,2H2,1H3,(H,16,17). The highest BCUT2D eigenvalue weighted by molar-refractivity contribution is 9.11. The summed E-state index contributed by atoms with van der Waals surface area (Å²) in [7, 11) is 0. The van der Waals surface area contributed by atoms with Crippen molar-refractivity contribution in [2.24, 2.45) is 0 Å². The van der Waals surface area contributed by atoms with Crippen molar-refractivity contribution in [1.29, 1.82) is 0 Å². The van der Waals surface area contributed by atoms with Gasteiger partial charge in [-0.2, -0.15) is 5.10 Å². The Kier molecular flexibility index (Phi) is 3.79. The van der Waals surface area contributed by atoms with E-state index < -0.39 is 0 Å². The molecule has 2 rings (SSSR count). The molecular weight excluding hydrogens is 348 g/mol. The molecule has 1 N–H and O–H groups in total. The molecule has 0 unspecified atom stereocenters. The molecule has 3 nitrogen and oxygen atoms in total. The first-order valence-electron chi connectivity index (χ1n) is 5.16. The van der Waals surface area contributed by atoms with Gasteiger partial charge in [0.1, 0.15) is 0 Å². The Hall–Kier alpha value is -0.940. The molecule has 0 fully saturated rings. The van der Waals surface area contributed by atoms with E-state index in [2.05, 4.69) is 49.0 Å². The molecule has 0 saturated heterocycles. The SMILES string of the molecule is CCc1c(Br)cc(-c2ccc(=O)[nH]n2)cc1Br. The zero-order chi connectivity index (χ0) is 12.4. The first-order valence-corrected chi connectivity index (χ1v) is 6.74. The largest absolute Gasteiger partial charge is 0.268 e. The van der Waals surface area contributed by atoms with Gasteiger partial charge in [0.05, 0.1) is 5.69 Å². The monoisotopic (exact) mass is 356 g/mol. The van der Waals surface area contributed by atoms with Crippen LogP contribution in [0.2, 0.25) is 0 Å². The van der Waals surface area contributed by atoms with Crippen molar-refractivity contribution in [3.8, 4) is 11.3 Å². The number of nitrogens with one attached hydrogen (secondary N) is 1. The predicted molar refractivity (Wildman–Crippen MR) is 75.1 cm³/mol. The first kappa shape index (κ1) is 12.5. The van der Waals surface area contributed by atoms with Gasteiger partial charge in [-0.3, -0.25) is 4.79 Å². The molecule has 0 bridgehead atoms. The number of nitrogens with zero attached hydrogens (tertiary/aromatic N) is 1. The maximum absolute atomic E-state index is 11.0. The van der Waals surface area contributed by atoms with Crippen LogP contribution in [0.3, 0.4) is 0 Å². The van der Waals surface area contributed by atoms with Crippen LogP contribution in [0.5, 0.6) is 0 Å². The molecule has 0 radical (unpaired) electrons. The molecule has 0 amide bonds. The zero-order valence-electron chi connectivity index (χ0n) is 9.13. The summed E-state index contributed by atoms with van der Waals surface area (Å²) in [6, 6.07) is 7.19. The summed E-state index contributed by atoms with van der Waals surface area (Å²) in [6.07, 6.45) is 0.945. The van der Waals surface area contributed by atoms with Crippen LogP contribution < -0.4 is 5.56 Å². The van der Waals surface area contributed by atoms with Crippen molar-refractivity contribution in [2.75, 3.05) is 0 Å². The van der Waals surface area contributed by atoms with Crippen LogP contribution in [0.15, 0.2) is 38.0 Å². The second-order valence-electron chi connectivity index (χ2n) is 3.58. The van der Waals surface area contributed by atoms with Crippen LogP contribution in [-0.2, 0) is 6.42 Å². The number of aromatic nitrogens is 2. The molecule has 0 aliphatic heterocycles. The minimum Gasteiger partial charge on any atom is -0.268 e. The molecule has 17 heavy (non-hydrogen) atoms. The summed E-state index contributed by atoms with van der Waals surface area (Å²) in [5.74, 6) is 0. The van der Waals surface area contributed by atoms with Crippen molar-refractivity contribution in [2.45, 2.75) is 13.3 Å². The molecule has 0 aliphatic rings. The van der Waals surface area contributed by atoms with Gasteiger partial charge in [-0.1, -0.05) is 38.8 Å². The molecule has 1 aromatic heterocycles. The second-order valence-corrected chi connectivity index (χ2v) is 5.29. The Bertz CT molecular complexity index is 564. The van der Waals surface area contributed by atoms with Gasteiger partial charge in [-0.25, -0.2) is 5.10 Å². The van der Waals surface area contributed by atoms with E-state index in [1.807, 2.05) is 12.1 Å². The zero-order valence-corrected chi connectivity index (χ0v) is 12.3. The number of hydrogen-bond acceptors (Lipinski definition) is 2. The lowest BCUT2D eigenvalue weighted by molar-refractivity contribution is 0.994. The lowest BCUT2D eigenvalue weighted by Gasteiger charge is -2.08. The molecule has 88 valence electrons. The van der Waals surface area contributed by atoms with Crippen LogP contribution in [0, 0.1) is 0 Å². The van der Waals surface area contributed by atoms with Crippen LogP contribution in [0.25, 0.3) is 11.3 Å². The average Bonchev–Trinajstić information content (AvgIpc) is 2.29. The number of aromatic amines is 1. The quantitative estimate of drug-likeness (QED) is 0.893. The smallest absolute Gasteiger partial charge is 0.264 e. The fourth-order valence-electron chi connectivity index (χ4n) is 1.59. The summed E-state index contributed by atoms with van der Waals surface area (Å²) >= 11 is 7.08. The number of benzene rings is 1. The van der Waals surface area contributed by atoms with E-state index in [0.717, 1.165) is 26.6 Å². The number of H-pyrrole nitrogens is 1. The summed E-state index contributed by atoms with van der Waals surface area (Å²) < 4.78 is 2.08. The van der Waals surface area contributed by atoms with Crippen molar-refractivity contribution in [1.82, 2.24) is 10.2 Å². The maximum Gasteiger partial charge on any atom is 0.264 e. The molecule has 0 spiro atoms. The lowest BCUT2D eigenvalue weighted by Crippen LogP contribution is -2.05. The van der Waals surface area contributed by atoms with E-state index in [0.29, 0.717) is 0 Å². The third-order valence-corrected chi connectivity index (χ3v) is 3.88. The molecule has 0 saturated carbocycles. The minimum absolute atomic E-state index is 0.197. The van der Waals surface area contributed by atoms with E-state index in [1.165, 1.54) is 11.6 Å². The topological polar surface area (TPSA) is 45.8 Å². The van der Waals surface area contributed by atoms with Crippen LogP contribution in [-0.4, -0.2) is 10.2 Å². The van der Waals surface area contributed by atoms with Gasteiger partial charge in [0, 0.05) is 20.6 Å². The predicted octanol–water partition coefficient (Wildman–Crippen LogP) is 3.52. The fraction of sp³-hybridized carbons (Fsp3) is 0.167. The Morgan fingerprint density at radius 3 is 2.35 bits per heavy atom. The normalized spacial score (nSPS) is 10.5. The van der Waals surface area contributed by atoms with Crippen LogP contribution >= 0.6 is 31.9 Å². The van der Waals surface area contributed by atoms with Crippen molar-refractivity contribution < 1.29 is 0 Å². The first-order chi connectivity index (χ1) is 8.11. The number of rotatable bonds is 2. The lowest BCUT2D eigenvalue weighted by atomic mass is 10.1. The van der Waals surface area contributed by atoms with Gasteiger partial charge in [0.2, 0.25) is 0 Å². The van der Waals surface area contributed by atoms with Gasteiger partial charge in [0.15, 0.2) is 0 Å². The van der Waals surface area contributed by atoms with Crippen LogP contribution in [0.4, 0.5) is 0 Å². The molecule has 0 atom stereocenters. The third kappa shape index (κ3) is 2.66. The van der Waals surface area contributed by atoms with Crippen LogP contribution in [0.1, 0.15) is 12.5 Å². The third-order valence-electron chi connectivity index (χ3n) is 2.47. The molecule has 5 heteroatoms. The molecule has 1 heterocycles. The van der Waals surface area contributed by atoms with E-state index in [4.69, 9.17) is 0 Å². The summed E-state index contributed by atoms with van der Waals surface area (Å²) in [5.41, 5.74) is 2.72. The van der Waals surface area contributed by atoms with Gasteiger partial charge in [-0.15, -0.1) is 0 Å². The molecule has 1 aromatic carbocycles. The Morgan fingerprint density at radius 1 is 1.24 bits per heavy atom. The van der Waals surface area contributed by atoms with Crippen molar-refractivity contribution >= 4 is 31.9 Å². The fourth-order valence-corrected chi connectivity index (χ4v) is 3.34. The Balaban J connectivity index is 2.54. The van der Waals surface area contributed by atoms with Crippen molar-refractivity contribution in [3.63, 3.8) is 0 Å². The minimum atomic E-state index is -0.197. The number of halogens is 2. The van der Waals surface area contributed by atoms with E-state index in [-0.39, 0.29) is 5.56 Å². The van der Waals surface area contributed by atoms with E-state index in [1.54, 1.807) is 6.07 Å². The Morgan fingerprint density at radius 2 is 1.88 bits per heavy atom. The second kappa shape index (κ2) is 5.14. The average molecular weight is 358 g/mol. The van der Waals surface area contributed by atoms with E-state index in [9.17, 15) is 4.79 Å². The van der Waals surface area contributed by atoms with Gasteiger partial charge >= 0.3 is 0 Å². The van der Waals surface area contributed by atoms with Gasteiger partial charge < -0.3 is 0 Å².